The highest BCUT2D eigenvalue weighted by Crippen LogP contribution is 2.41. The Morgan fingerprint density at radius 3 is 2.77 bits per heavy atom. The maximum Gasteiger partial charge on any atom is 0.167 e. The van der Waals surface area contributed by atoms with Crippen LogP contribution in [0.2, 0.25) is 0 Å². The van der Waals surface area contributed by atoms with E-state index in [2.05, 4.69) is 57.3 Å². The van der Waals surface area contributed by atoms with Crippen LogP contribution in [-0.4, -0.2) is 21.2 Å². The molecule has 0 spiro atoms. The van der Waals surface area contributed by atoms with Crippen molar-refractivity contribution >= 4 is 11.4 Å². The minimum absolute atomic E-state index is 0.173. The van der Waals surface area contributed by atoms with Gasteiger partial charge in [-0.1, -0.05) is 54.1 Å². The minimum atomic E-state index is 0.173. The Bertz CT molecular complexity index is 1190. The van der Waals surface area contributed by atoms with Gasteiger partial charge in [0.25, 0.3) is 0 Å². The van der Waals surface area contributed by atoms with Crippen molar-refractivity contribution in [1.82, 2.24) is 14.7 Å². The predicted molar refractivity (Wildman–Crippen MR) is 119 cm³/mol. The number of ketones is 1. The average molecular weight is 396 g/mol. The summed E-state index contributed by atoms with van der Waals surface area (Å²) in [6, 6.07) is 21.1. The molecule has 1 aliphatic carbocycles. The van der Waals surface area contributed by atoms with Crippen molar-refractivity contribution in [2.45, 2.75) is 38.3 Å². The van der Waals surface area contributed by atoms with Gasteiger partial charge in [0.2, 0.25) is 0 Å². The van der Waals surface area contributed by atoms with Crippen molar-refractivity contribution in [2.24, 2.45) is 0 Å². The van der Waals surface area contributed by atoms with Crippen LogP contribution in [0.15, 0.2) is 79.3 Å². The fraction of sp³-hybridized carbons (Fsp3) is 0.231. The number of nitrogens with zero attached hydrogens (tertiary/aromatic N) is 2. The van der Waals surface area contributed by atoms with Crippen molar-refractivity contribution in [2.75, 3.05) is 0 Å². The molecule has 1 fully saturated rings. The second-order valence-electron chi connectivity index (χ2n) is 8.27. The zero-order chi connectivity index (χ0) is 20.5. The molecule has 0 aliphatic heterocycles. The maximum absolute atomic E-state index is 12.5. The summed E-state index contributed by atoms with van der Waals surface area (Å²) in [7, 11) is 0. The van der Waals surface area contributed by atoms with Crippen molar-refractivity contribution in [3.8, 4) is 0 Å². The fourth-order valence-corrected chi connectivity index (χ4v) is 4.10. The Kier molecular flexibility index (Phi) is 4.93. The molecule has 0 amide bonds. The molecule has 2 unspecified atom stereocenters. The van der Waals surface area contributed by atoms with E-state index in [1.165, 1.54) is 11.1 Å². The zero-order valence-corrected chi connectivity index (χ0v) is 17.1. The molecule has 2 aromatic heterocycles. The van der Waals surface area contributed by atoms with Gasteiger partial charge in [-0.15, -0.1) is 0 Å². The van der Waals surface area contributed by atoms with Gasteiger partial charge in [0.15, 0.2) is 5.78 Å². The molecule has 4 aromatic rings. The number of Topliss-reactive ketones (excluding diaryl/α,β-unsaturated/α-hetero) is 1. The third-order valence-electron chi connectivity index (χ3n) is 5.92. The molecule has 2 aromatic carbocycles. The monoisotopic (exact) mass is 395 g/mol. The van der Waals surface area contributed by atoms with E-state index < -0.39 is 0 Å². The smallest absolute Gasteiger partial charge is 0.167 e. The quantitative estimate of drug-likeness (QED) is 0.461. The van der Waals surface area contributed by atoms with Crippen LogP contribution in [0, 0.1) is 6.92 Å². The van der Waals surface area contributed by atoms with Crippen LogP contribution in [0.5, 0.6) is 0 Å². The summed E-state index contributed by atoms with van der Waals surface area (Å²) in [5.74, 6) is 0.732. The lowest BCUT2D eigenvalue weighted by atomic mass is 10.00. The SMILES string of the molecule is Cc1cccc(C(=O)Cc2ccc(C3CC3NCc3ccc4nccn4c3)cc2)c1. The Morgan fingerprint density at radius 1 is 1.10 bits per heavy atom. The number of aromatic nitrogens is 2. The first-order valence-corrected chi connectivity index (χ1v) is 10.5. The molecule has 4 heteroatoms. The average Bonchev–Trinajstić information content (AvgIpc) is 3.39. The molecule has 5 rings (SSSR count). The molecule has 30 heavy (non-hydrogen) atoms. The van der Waals surface area contributed by atoms with E-state index >= 15 is 0 Å². The number of pyridine rings is 1. The van der Waals surface area contributed by atoms with E-state index in [-0.39, 0.29) is 5.78 Å². The van der Waals surface area contributed by atoms with Gasteiger partial charge in [-0.05, 0) is 42.2 Å². The number of rotatable bonds is 7. The van der Waals surface area contributed by atoms with Crippen molar-refractivity contribution in [3.05, 3.63) is 107 Å². The number of benzene rings is 2. The normalized spacial score (nSPS) is 17.9. The van der Waals surface area contributed by atoms with Gasteiger partial charge in [0.05, 0.1) is 0 Å². The summed E-state index contributed by atoms with van der Waals surface area (Å²) in [6.07, 6.45) is 7.54. The van der Waals surface area contributed by atoms with Gasteiger partial charge in [0, 0.05) is 49.1 Å². The lowest BCUT2D eigenvalue weighted by Gasteiger charge is -2.07. The summed E-state index contributed by atoms with van der Waals surface area (Å²) in [5, 5.41) is 3.66. The number of aryl methyl sites for hydroxylation is 1. The second kappa shape index (κ2) is 7.88. The Balaban J connectivity index is 1.16. The first kappa shape index (κ1) is 18.8. The summed E-state index contributed by atoms with van der Waals surface area (Å²) in [5.41, 5.74) is 6.57. The molecule has 0 radical (unpaired) electrons. The molecular weight excluding hydrogens is 370 g/mol. The number of carbonyl (C=O) groups is 1. The topological polar surface area (TPSA) is 46.4 Å². The number of carbonyl (C=O) groups excluding carboxylic acids is 1. The summed E-state index contributed by atoms with van der Waals surface area (Å²) >= 11 is 0. The predicted octanol–water partition coefficient (Wildman–Crippen LogP) is 4.71. The van der Waals surface area contributed by atoms with Crippen LogP contribution >= 0.6 is 0 Å². The number of hydrogen-bond acceptors (Lipinski definition) is 3. The van der Waals surface area contributed by atoms with Crippen LogP contribution in [0.1, 0.15) is 45.0 Å². The Labute approximate surface area is 176 Å². The molecule has 4 nitrogen and oxygen atoms in total. The molecule has 1 N–H and O–H groups in total. The third kappa shape index (κ3) is 4.05. The van der Waals surface area contributed by atoms with Crippen molar-refractivity contribution in [1.29, 1.82) is 0 Å². The minimum Gasteiger partial charge on any atom is -0.309 e. The number of imidazole rings is 1. The molecule has 0 saturated heterocycles. The van der Waals surface area contributed by atoms with Gasteiger partial charge < -0.3 is 9.72 Å². The highest BCUT2D eigenvalue weighted by atomic mass is 16.1. The highest BCUT2D eigenvalue weighted by molar-refractivity contribution is 5.97. The summed E-state index contributed by atoms with van der Waals surface area (Å²) in [6.45, 7) is 2.88. The lowest BCUT2D eigenvalue weighted by molar-refractivity contribution is 0.0993. The highest BCUT2D eigenvalue weighted by Gasteiger charge is 2.37. The fourth-order valence-electron chi connectivity index (χ4n) is 4.10. The molecule has 0 bridgehead atoms. The van der Waals surface area contributed by atoms with E-state index in [4.69, 9.17) is 0 Å². The molecule has 2 atom stereocenters. The van der Waals surface area contributed by atoms with Gasteiger partial charge >= 0.3 is 0 Å². The second-order valence-corrected chi connectivity index (χ2v) is 8.27. The van der Waals surface area contributed by atoms with Crippen molar-refractivity contribution < 1.29 is 4.79 Å². The van der Waals surface area contributed by atoms with E-state index in [0.29, 0.717) is 18.4 Å². The van der Waals surface area contributed by atoms with Crippen LogP contribution in [0.4, 0.5) is 0 Å². The number of hydrogen-bond donors (Lipinski definition) is 1. The van der Waals surface area contributed by atoms with E-state index in [0.717, 1.165) is 35.3 Å². The largest absolute Gasteiger partial charge is 0.309 e. The van der Waals surface area contributed by atoms with Gasteiger partial charge in [-0.2, -0.15) is 0 Å². The van der Waals surface area contributed by atoms with E-state index in [9.17, 15) is 4.79 Å². The van der Waals surface area contributed by atoms with E-state index in [1.807, 2.05) is 43.6 Å². The maximum atomic E-state index is 12.5. The lowest BCUT2D eigenvalue weighted by Crippen LogP contribution is -2.17. The van der Waals surface area contributed by atoms with Gasteiger partial charge in [0.1, 0.15) is 5.65 Å². The van der Waals surface area contributed by atoms with Crippen LogP contribution in [-0.2, 0) is 13.0 Å². The molecule has 1 aliphatic rings. The molecule has 1 saturated carbocycles. The van der Waals surface area contributed by atoms with Crippen molar-refractivity contribution in [3.63, 3.8) is 0 Å². The molecule has 150 valence electrons. The first-order valence-electron chi connectivity index (χ1n) is 10.5. The number of fused-ring (bicyclic) bond motifs is 1. The molecule has 2 heterocycles. The van der Waals surface area contributed by atoms with Crippen LogP contribution < -0.4 is 5.32 Å². The standard InChI is InChI=1S/C26H25N3O/c1-18-3-2-4-22(13-18)25(30)14-19-5-8-21(9-6-19)23-15-24(23)28-16-20-7-10-26-27-11-12-29(26)17-20/h2-13,17,23-24,28H,14-16H2,1H3. The Morgan fingerprint density at radius 2 is 1.93 bits per heavy atom. The van der Waals surface area contributed by atoms with E-state index in [1.54, 1.807) is 0 Å². The third-order valence-corrected chi connectivity index (χ3v) is 5.92. The van der Waals surface area contributed by atoms with Crippen LogP contribution in [0.3, 0.4) is 0 Å². The molecular formula is C26H25N3O. The summed E-state index contributed by atoms with van der Waals surface area (Å²) in [4.78, 5) is 16.8. The summed E-state index contributed by atoms with van der Waals surface area (Å²) < 4.78 is 2.05. The van der Waals surface area contributed by atoms with Gasteiger partial charge in [-0.25, -0.2) is 4.98 Å². The van der Waals surface area contributed by atoms with Crippen LogP contribution in [0.25, 0.3) is 5.65 Å². The first-order chi connectivity index (χ1) is 14.7. The zero-order valence-electron chi connectivity index (χ0n) is 17.1. The Hall–Kier alpha value is -3.24. The number of nitrogens with one attached hydrogen (secondary N) is 1. The van der Waals surface area contributed by atoms with Gasteiger partial charge in [-0.3, -0.25) is 4.79 Å².